The van der Waals surface area contributed by atoms with Crippen molar-refractivity contribution in [3.63, 3.8) is 0 Å². The number of fused-ring (bicyclic) bond motifs is 1. The summed E-state index contributed by atoms with van der Waals surface area (Å²) in [6.45, 7) is 12.9. The average Bonchev–Trinajstić information content (AvgIpc) is 2.97. The second kappa shape index (κ2) is 7.30. The molecule has 1 aliphatic rings. The van der Waals surface area contributed by atoms with Gasteiger partial charge in [0, 0.05) is 37.1 Å². The highest BCUT2D eigenvalue weighted by molar-refractivity contribution is 5.83. The molecule has 1 saturated heterocycles. The van der Waals surface area contributed by atoms with Crippen LogP contribution in [0.3, 0.4) is 0 Å². The zero-order valence-electron chi connectivity index (χ0n) is 16.1. The van der Waals surface area contributed by atoms with Crippen molar-refractivity contribution < 1.29 is 4.42 Å². The summed E-state index contributed by atoms with van der Waals surface area (Å²) >= 11 is 0. The van der Waals surface area contributed by atoms with Gasteiger partial charge in [-0.2, -0.15) is 0 Å². The number of rotatable bonds is 5. The van der Waals surface area contributed by atoms with Crippen molar-refractivity contribution in [1.82, 2.24) is 9.80 Å². The molecular weight excluding hydrogens is 312 g/mol. The highest BCUT2D eigenvalue weighted by Crippen LogP contribution is 2.24. The summed E-state index contributed by atoms with van der Waals surface area (Å²) in [5, 5.41) is 1.07. The van der Waals surface area contributed by atoms with Gasteiger partial charge in [0.1, 0.15) is 5.58 Å². The van der Waals surface area contributed by atoms with E-state index < -0.39 is 0 Å². The van der Waals surface area contributed by atoms with E-state index in [9.17, 15) is 4.79 Å². The third-order valence-corrected chi connectivity index (χ3v) is 5.32. The molecular formula is C21H30N2O2. The minimum atomic E-state index is -0.255. The molecule has 0 aliphatic carbocycles. The second-order valence-corrected chi connectivity index (χ2v) is 7.99. The fourth-order valence-electron chi connectivity index (χ4n) is 4.09. The summed E-state index contributed by atoms with van der Waals surface area (Å²) in [7, 11) is 2.15. The van der Waals surface area contributed by atoms with E-state index >= 15 is 0 Å². The summed E-state index contributed by atoms with van der Waals surface area (Å²) in [4.78, 5) is 16.9. The molecule has 1 aromatic heterocycles. The minimum absolute atomic E-state index is 0.255. The molecule has 0 bridgehead atoms. The zero-order chi connectivity index (χ0) is 18.1. The van der Waals surface area contributed by atoms with E-state index in [1.165, 1.54) is 25.1 Å². The number of hydrogen-bond acceptors (Lipinski definition) is 4. The van der Waals surface area contributed by atoms with Crippen molar-refractivity contribution in [2.75, 3.05) is 26.7 Å². The predicted molar refractivity (Wildman–Crippen MR) is 103 cm³/mol. The van der Waals surface area contributed by atoms with Crippen LogP contribution in [0.1, 0.15) is 37.0 Å². The molecule has 4 heteroatoms. The van der Waals surface area contributed by atoms with Gasteiger partial charge in [-0.25, -0.2) is 4.79 Å². The van der Waals surface area contributed by atoms with Gasteiger partial charge in [-0.15, -0.1) is 0 Å². The maximum absolute atomic E-state index is 12.0. The SMILES string of the molecule is Cc1cc(C)c2oc(=O)cc(CN(C)CC3CCN(C(C)C)C3)c2c1. The Hall–Kier alpha value is -1.65. The van der Waals surface area contributed by atoms with Crippen molar-refractivity contribution >= 4 is 11.0 Å². The van der Waals surface area contributed by atoms with Gasteiger partial charge in [0.2, 0.25) is 0 Å². The lowest BCUT2D eigenvalue weighted by molar-refractivity contribution is 0.235. The van der Waals surface area contributed by atoms with E-state index in [0.717, 1.165) is 35.2 Å². The molecule has 0 radical (unpaired) electrons. The predicted octanol–water partition coefficient (Wildman–Crippen LogP) is 3.57. The molecule has 1 unspecified atom stereocenters. The molecule has 0 N–H and O–H groups in total. The lowest BCUT2D eigenvalue weighted by Crippen LogP contribution is -2.31. The van der Waals surface area contributed by atoms with Crippen LogP contribution in [0.15, 0.2) is 27.4 Å². The Morgan fingerprint density at radius 1 is 1.28 bits per heavy atom. The van der Waals surface area contributed by atoms with Crippen LogP contribution in [-0.2, 0) is 6.54 Å². The average molecular weight is 342 g/mol. The van der Waals surface area contributed by atoms with Gasteiger partial charge in [-0.1, -0.05) is 6.07 Å². The minimum Gasteiger partial charge on any atom is -0.422 e. The number of benzene rings is 1. The van der Waals surface area contributed by atoms with E-state index in [-0.39, 0.29) is 5.63 Å². The number of nitrogens with zero attached hydrogens (tertiary/aromatic N) is 2. The van der Waals surface area contributed by atoms with Gasteiger partial charge in [-0.3, -0.25) is 0 Å². The van der Waals surface area contributed by atoms with Gasteiger partial charge < -0.3 is 14.2 Å². The fourth-order valence-corrected chi connectivity index (χ4v) is 4.09. The smallest absolute Gasteiger partial charge is 0.336 e. The molecule has 136 valence electrons. The molecule has 1 atom stereocenters. The maximum Gasteiger partial charge on any atom is 0.336 e. The number of aryl methyl sites for hydroxylation is 2. The van der Waals surface area contributed by atoms with Crippen LogP contribution in [0.4, 0.5) is 0 Å². The van der Waals surface area contributed by atoms with Gasteiger partial charge >= 0.3 is 5.63 Å². The molecule has 3 rings (SSSR count). The van der Waals surface area contributed by atoms with Crippen LogP contribution in [0.2, 0.25) is 0 Å². The van der Waals surface area contributed by atoms with Crippen LogP contribution in [0.5, 0.6) is 0 Å². The van der Waals surface area contributed by atoms with Crippen LogP contribution in [0, 0.1) is 19.8 Å². The summed E-state index contributed by atoms with van der Waals surface area (Å²) in [5.74, 6) is 0.710. The van der Waals surface area contributed by atoms with Crippen LogP contribution in [-0.4, -0.2) is 42.5 Å². The van der Waals surface area contributed by atoms with E-state index in [1.54, 1.807) is 6.07 Å². The third kappa shape index (κ3) is 4.13. The maximum atomic E-state index is 12.0. The monoisotopic (exact) mass is 342 g/mol. The highest BCUT2D eigenvalue weighted by Gasteiger charge is 2.25. The first-order valence-corrected chi connectivity index (χ1v) is 9.30. The molecule has 2 heterocycles. The second-order valence-electron chi connectivity index (χ2n) is 7.99. The van der Waals surface area contributed by atoms with Crippen molar-refractivity contribution in [3.8, 4) is 0 Å². The molecule has 4 nitrogen and oxygen atoms in total. The molecule has 25 heavy (non-hydrogen) atoms. The van der Waals surface area contributed by atoms with Crippen molar-refractivity contribution in [3.05, 3.63) is 45.3 Å². The van der Waals surface area contributed by atoms with Gasteiger partial charge in [0.15, 0.2) is 0 Å². The Morgan fingerprint density at radius 3 is 2.72 bits per heavy atom. The summed E-state index contributed by atoms with van der Waals surface area (Å²) in [6, 6.07) is 6.48. The lowest BCUT2D eigenvalue weighted by atomic mass is 10.0. The Morgan fingerprint density at radius 2 is 2.04 bits per heavy atom. The fraction of sp³-hybridized carbons (Fsp3) is 0.571. The van der Waals surface area contributed by atoms with E-state index in [0.29, 0.717) is 12.0 Å². The Bertz CT molecular complexity index is 809. The first kappa shape index (κ1) is 18.2. The standard InChI is InChI=1S/C21H30N2O2/c1-14(2)23-7-6-17(12-23)11-22(5)13-18-10-20(24)25-21-16(4)8-15(3)9-19(18)21/h8-10,14,17H,6-7,11-13H2,1-5H3. The first-order valence-electron chi connectivity index (χ1n) is 9.30. The van der Waals surface area contributed by atoms with E-state index in [1.807, 2.05) is 6.92 Å². The Kier molecular flexibility index (Phi) is 5.30. The molecule has 0 spiro atoms. The quantitative estimate of drug-likeness (QED) is 0.779. The molecule has 2 aromatic rings. The van der Waals surface area contributed by atoms with E-state index in [2.05, 4.69) is 49.8 Å². The Balaban J connectivity index is 1.77. The Labute approximate surface area is 150 Å². The van der Waals surface area contributed by atoms with Gasteiger partial charge in [0.05, 0.1) is 0 Å². The summed E-state index contributed by atoms with van der Waals surface area (Å²) in [6.07, 6.45) is 1.26. The normalized spacial score (nSPS) is 18.8. The van der Waals surface area contributed by atoms with Gasteiger partial charge in [0.25, 0.3) is 0 Å². The zero-order valence-corrected chi connectivity index (χ0v) is 16.1. The van der Waals surface area contributed by atoms with Crippen molar-refractivity contribution in [2.24, 2.45) is 5.92 Å². The van der Waals surface area contributed by atoms with Gasteiger partial charge in [-0.05, 0) is 76.4 Å². The molecule has 1 aliphatic heterocycles. The van der Waals surface area contributed by atoms with Crippen molar-refractivity contribution in [1.29, 1.82) is 0 Å². The number of likely N-dealkylation sites (tertiary alicyclic amines) is 1. The molecule has 0 amide bonds. The van der Waals surface area contributed by atoms with Crippen LogP contribution in [0.25, 0.3) is 11.0 Å². The van der Waals surface area contributed by atoms with Crippen LogP contribution >= 0.6 is 0 Å². The van der Waals surface area contributed by atoms with E-state index in [4.69, 9.17) is 4.42 Å². The lowest BCUT2D eigenvalue weighted by Gasteiger charge is -2.23. The third-order valence-electron chi connectivity index (χ3n) is 5.32. The van der Waals surface area contributed by atoms with Crippen LogP contribution < -0.4 is 5.63 Å². The number of hydrogen-bond donors (Lipinski definition) is 0. The highest BCUT2D eigenvalue weighted by atomic mass is 16.4. The molecule has 1 fully saturated rings. The topological polar surface area (TPSA) is 36.7 Å². The largest absolute Gasteiger partial charge is 0.422 e. The molecule has 1 aromatic carbocycles. The molecule has 0 saturated carbocycles. The first-order chi connectivity index (χ1) is 11.8. The summed E-state index contributed by atoms with van der Waals surface area (Å²) < 4.78 is 5.46. The summed E-state index contributed by atoms with van der Waals surface area (Å²) in [5.41, 5.74) is 3.77. The van der Waals surface area contributed by atoms with Crippen molar-refractivity contribution in [2.45, 2.75) is 46.7 Å².